The van der Waals surface area contributed by atoms with Gasteiger partial charge in [-0.1, -0.05) is 0 Å². The van der Waals surface area contributed by atoms with Crippen molar-refractivity contribution in [3.8, 4) is 0 Å². The first kappa shape index (κ1) is 6.37. The van der Waals surface area contributed by atoms with Gasteiger partial charge in [-0.3, -0.25) is 0 Å². The number of rotatable bonds is 1. The molecular formula is C2H4HgNO2. The average molecular weight is 275 g/mol. The van der Waals surface area contributed by atoms with E-state index in [1.54, 1.807) is 0 Å². The summed E-state index contributed by atoms with van der Waals surface area (Å²) in [6, 6.07) is 0. The third-order valence-electron chi connectivity index (χ3n) is 0.328. The van der Waals surface area contributed by atoms with Crippen molar-refractivity contribution >= 4 is 5.97 Å². The molecule has 0 aromatic heterocycles. The molecule has 0 amide bonds. The van der Waals surface area contributed by atoms with Gasteiger partial charge in [0, 0.05) is 0 Å². The van der Waals surface area contributed by atoms with Crippen molar-refractivity contribution in [2.45, 2.75) is 0 Å². The number of hydrogen-bond donors (Lipinski definition) is 1. The monoisotopic (exact) mass is 276 g/mol. The van der Waals surface area contributed by atoms with E-state index in [0.29, 0.717) is 0 Å². The number of carbonyl (C=O) groups excluding carboxylic acids is 1. The Labute approximate surface area is 52.5 Å². The van der Waals surface area contributed by atoms with E-state index in [1.807, 2.05) is 0 Å². The molecule has 0 rings (SSSR count). The molecule has 0 bridgehead atoms. The van der Waals surface area contributed by atoms with Crippen LogP contribution in [0.4, 0.5) is 0 Å². The van der Waals surface area contributed by atoms with Crippen molar-refractivity contribution in [3.05, 3.63) is 0 Å². The SMILES string of the molecule is NCC(=O)[O][Hg]. The second-order valence-electron chi connectivity index (χ2n) is 0.720. The predicted molar refractivity (Wildman–Crippen MR) is 15.1 cm³/mol. The summed E-state index contributed by atoms with van der Waals surface area (Å²) in [6.07, 6.45) is 0. The van der Waals surface area contributed by atoms with Crippen LogP contribution in [0.5, 0.6) is 0 Å². The molecule has 0 aromatic rings. The summed E-state index contributed by atoms with van der Waals surface area (Å²) in [7, 11) is 0. The quantitative estimate of drug-likeness (QED) is 0.621. The summed E-state index contributed by atoms with van der Waals surface area (Å²) < 4.78 is 4.33. The Morgan fingerprint density at radius 1 is 2.00 bits per heavy atom. The van der Waals surface area contributed by atoms with E-state index in [4.69, 9.17) is 5.73 Å². The number of hydrogen-bond acceptors (Lipinski definition) is 3. The minimum absolute atomic E-state index is 0.0174. The topological polar surface area (TPSA) is 52.3 Å². The molecule has 0 aromatic carbocycles. The second-order valence-corrected chi connectivity index (χ2v) is 1.84. The fourth-order valence-corrected chi connectivity index (χ4v) is 0.517. The van der Waals surface area contributed by atoms with E-state index in [2.05, 4.69) is 2.64 Å². The fourth-order valence-electron chi connectivity index (χ4n) is 0.0589. The van der Waals surface area contributed by atoms with Crippen LogP contribution in [0.1, 0.15) is 0 Å². The van der Waals surface area contributed by atoms with Gasteiger partial charge in [-0.15, -0.1) is 0 Å². The van der Waals surface area contributed by atoms with Crippen LogP contribution in [0.3, 0.4) is 0 Å². The Balaban J connectivity index is 2.99. The average Bonchev–Trinajstić information content (AvgIpc) is 1.65. The van der Waals surface area contributed by atoms with Gasteiger partial charge in [-0.2, -0.15) is 0 Å². The summed E-state index contributed by atoms with van der Waals surface area (Å²) in [5.41, 5.74) is 4.84. The van der Waals surface area contributed by atoms with Crippen LogP contribution in [0, 0.1) is 0 Å². The van der Waals surface area contributed by atoms with Gasteiger partial charge >= 0.3 is 52.3 Å². The molecule has 0 aliphatic carbocycles. The summed E-state index contributed by atoms with van der Waals surface area (Å²) in [5.74, 6) is -0.293. The van der Waals surface area contributed by atoms with Gasteiger partial charge in [0.05, 0.1) is 0 Å². The molecule has 0 heterocycles. The summed E-state index contributed by atoms with van der Waals surface area (Å²) >= 11 is 0.114. The van der Waals surface area contributed by atoms with Gasteiger partial charge < -0.3 is 0 Å². The zero-order valence-electron chi connectivity index (χ0n) is 3.31. The molecule has 0 saturated carbocycles. The summed E-state index contributed by atoms with van der Waals surface area (Å²) in [6.45, 7) is 0.0174. The molecule has 0 radical (unpaired) electrons. The number of nitrogens with two attached hydrogens (primary N) is 1. The third kappa shape index (κ3) is 2.59. The van der Waals surface area contributed by atoms with Crippen LogP contribution in [0.2, 0.25) is 0 Å². The Kier molecular flexibility index (Phi) is 3.77. The molecule has 0 fully saturated rings. The van der Waals surface area contributed by atoms with E-state index < -0.39 is 0 Å². The van der Waals surface area contributed by atoms with Gasteiger partial charge in [0.15, 0.2) is 0 Å². The molecule has 3 nitrogen and oxygen atoms in total. The van der Waals surface area contributed by atoms with Gasteiger partial charge in [0.2, 0.25) is 0 Å². The van der Waals surface area contributed by atoms with Crippen molar-refractivity contribution < 1.29 is 34.0 Å². The van der Waals surface area contributed by atoms with Crippen LogP contribution in [-0.4, -0.2) is 12.5 Å². The standard InChI is InChI=1S/C2H5NO2.Hg/c3-1-2(4)5;/h1,3H2,(H,4,5);/q;+1/p-1. The van der Waals surface area contributed by atoms with Crippen molar-refractivity contribution in [1.29, 1.82) is 0 Å². The molecule has 0 unspecified atom stereocenters. The van der Waals surface area contributed by atoms with Crippen molar-refractivity contribution in [2.24, 2.45) is 5.73 Å². The van der Waals surface area contributed by atoms with Crippen LogP contribution in [-0.2, 0) is 34.0 Å². The summed E-state index contributed by atoms with van der Waals surface area (Å²) in [5, 5.41) is 0. The first-order valence-corrected chi connectivity index (χ1v) is 3.70. The molecule has 6 heavy (non-hydrogen) atoms. The zero-order valence-corrected chi connectivity index (χ0v) is 8.81. The van der Waals surface area contributed by atoms with E-state index in [1.165, 1.54) is 0 Å². The van der Waals surface area contributed by atoms with Crippen molar-refractivity contribution in [3.63, 3.8) is 0 Å². The summed E-state index contributed by atoms with van der Waals surface area (Å²) in [4.78, 5) is 9.88. The minimum atomic E-state index is -0.293. The van der Waals surface area contributed by atoms with Crippen LogP contribution in [0.25, 0.3) is 0 Å². The third-order valence-corrected chi connectivity index (χ3v) is 1.58. The molecule has 0 aliphatic rings. The molecule has 31 valence electrons. The molecule has 4 heteroatoms. The fraction of sp³-hybridized carbons (Fsp3) is 0.500. The van der Waals surface area contributed by atoms with Crippen LogP contribution < -0.4 is 5.73 Å². The normalized spacial score (nSPS) is 7.83. The van der Waals surface area contributed by atoms with Gasteiger partial charge in [0.1, 0.15) is 0 Å². The van der Waals surface area contributed by atoms with E-state index >= 15 is 0 Å². The Morgan fingerprint density at radius 2 is 2.50 bits per heavy atom. The van der Waals surface area contributed by atoms with E-state index in [0.717, 1.165) is 0 Å². The Morgan fingerprint density at radius 3 is 2.50 bits per heavy atom. The molecule has 2 N–H and O–H groups in total. The van der Waals surface area contributed by atoms with Crippen LogP contribution >= 0.6 is 0 Å². The van der Waals surface area contributed by atoms with Gasteiger partial charge in [0.25, 0.3) is 0 Å². The Hall–Kier alpha value is 0.365. The predicted octanol–water partition coefficient (Wildman–Crippen LogP) is -1.05. The first-order chi connectivity index (χ1) is 2.81. The maximum absolute atomic E-state index is 9.88. The van der Waals surface area contributed by atoms with E-state index in [-0.39, 0.29) is 39.1 Å². The zero-order chi connectivity index (χ0) is 4.99. The van der Waals surface area contributed by atoms with Crippen molar-refractivity contribution in [1.82, 2.24) is 0 Å². The molecule has 0 saturated heterocycles. The van der Waals surface area contributed by atoms with Crippen LogP contribution in [0.15, 0.2) is 0 Å². The number of carbonyl (C=O) groups is 1. The first-order valence-electron chi connectivity index (χ1n) is 1.46. The second kappa shape index (κ2) is 3.55. The molecule has 0 spiro atoms. The molecule has 0 aliphatic heterocycles. The maximum atomic E-state index is 9.88. The molecular weight excluding hydrogens is 271 g/mol. The van der Waals surface area contributed by atoms with E-state index in [9.17, 15) is 4.79 Å². The Bertz CT molecular complexity index is 49.5. The van der Waals surface area contributed by atoms with Crippen molar-refractivity contribution in [2.75, 3.05) is 6.54 Å². The molecule has 0 atom stereocenters. The van der Waals surface area contributed by atoms with Gasteiger partial charge in [-0.25, -0.2) is 0 Å². The van der Waals surface area contributed by atoms with Gasteiger partial charge in [-0.05, 0) is 0 Å².